The minimum absolute atomic E-state index is 0.190. The summed E-state index contributed by atoms with van der Waals surface area (Å²) in [6, 6.07) is 2.95. The maximum Gasteiger partial charge on any atom is 0.271 e. The Balaban J connectivity index is 2.88. The molecule has 0 atom stereocenters. The van der Waals surface area contributed by atoms with Crippen LogP contribution in [-0.4, -0.2) is 27.4 Å². The largest absolute Gasteiger partial charge is 0.447 e. The number of sulfonamides is 1. The zero-order chi connectivity index (χ0) is 10.1. The molecule has 6 heteroatoms. The molecule has 0 spiro atoms. The lowest BCUT2D eigenvalue weighted by molar-refractivity contribution is 0.325. The number of hydrogen-bond donors (Lipinski definition) is 1. The van der Waals surface area contributed by atoms with Crippen molar-refractivity contribution in [2.75, 3.05) is 14.1 Å². The van der Waals surface area contributed by atoms with Crippen LogP contribution < -0.4 is 5.14 Å². The average molecular weight is 204 g/mol. The molecule has 1 aromatic heterocycles. The summed E-state index contributed by atoms with van der Waals surface area (Å²) in [6.45, 7) is 0.551. The van der Waals surface area contributed by atoms with Crippen LogP contribution in [0.15, 0.2) is 21.6 Å². The lowest BCUT2D eigenvalue weighted by Gasteiger charge is -2.05. The van der Waals surface area contributed by atoms with Crippen molar-refractivity contribution >= 4 is 10.0 Å². The van der Waals surface area contributed by atoms with Gasteiger partial charge >= 0.3 is 0 Å². The Labute approximate surface area is 77.2 Å². The molecule has 1 rings (SSSR count). The van der Waals surface area contributed by atoms with E-state index in [0.717, 1.165) is 0 Å². The summed E-state index contributed by atoms with van der Waals surface area (Å²) in [6.07, 6.45) is 0. The van der Waals surface area contributed by atoms with Gasteiger partial charge in [-0.05, 0) is 26.2 Å². The normalized spacial score (nSPS) is 12.3. The highest BCUT2D eigenvalue weighted by Crippen LogP contribution is 2.12. The van der Waals surface area contributed by atoms with Crippen LogP contribution in [-0.2, 0) is 16.6 Å². The Hall–Kier alpha value is -0.850. The SMILES string of the molecule is CN(C)Cc1ccc(S(N)(=O)=O)o1. The van der Waals surface area contributed by atoms with Gasteiger partial charge in [-0.15, -0.1) is 0 Å². The van der Waals surface area contributed by atoms with Crippen LogP contribution in [0.25, 0.3) is 0 Å². The van der Waals surface area contributed by atoms with E-state index in [1.807, 2.05) is 19.0 Å². The van der Waals surface area contributed by atoms with Crippen molar-refractivity contribution < 1.29 is 12.8 Å². The Kier molecular flexibility index (Phi) is 2.74. The lowest BCUT2D eigenvalue weighted by Crippen LogP contribution is -2.11. The van der Waals surface area contributed by atoms with Crippen LogP contribution in [0.2, 0.25) is 0 Å². The van der Waals surface area contributed by atoms with Gasteiger partial charge in [-0.1, -0.05) is 0 Å². The quantitative estimate of drug-likeness (QED) is 0.751. The number of furan rings is 1. The second-order valence-electron chi connectivity index (χ2n) is 3.00. The van der Waals surface area contributed by atoms with Crippen LogP contribution in [0.1, 0.15) is 5.76 Å². The smallest absolute Gasteiger partial charge is 0.271 e. The van der Waals surface area contributed by atoms with E-state index in [1.54, 1.807) is 6.07 Å². The number of primary sulfonamides is 1. The monoisotopic (exact) mass is 204 g/mol. The van der Waals surface area contributed by atoms with Crippen LogP contribution in [0.5, 0.6) is 0 Å². The minimum Gasteiger partial charge on any atom is -0.447 e. The van der Waals surface area contributed by atoms with Gasteiger partial charge in [-0.3, -0.25) is 0 Å². The second kappa shape index (κ2) is 3.49. The van der Waals surface area contributed by atoms with Gasteiger partial charge in [0.15, 0.2) is 0 Å². The molecule has 0 amide bonds. The van der Waals surface area contributed by atoms with Crippen LogP contribution in [0.3, 0.4) is 0 Å². The van der Waals surface area contributed by atoms with Crippen molar-refractivity contribution in [3.8, 4) is 0 Å². The highest BCUT2D eigenvalue weighted by molar-refractivity contribution is 7.89. The molecular weight excluding hydrogens is 192 g/mol. The average Bonchev–Trinajstić information content (AvgIpc) is 2.32. The third kappa shape index (κ3) is 2.83. The number of nitrogens with two attached hydrogens (primary N) is 1. The molecule has 0 aliphatic heterocycles. The van der Waals surface area contributed by atoms with Gasteiger partial charge in [0.2, 0.25) is 5.09 Å². The first-order valence-corrected chi connectivity index (χ1v) is 5.20. The number of hydrogen-bond acceptors (Lipinski definition) is 4. The van der Waals surface area contributed by atoms with Crippen molar-refractivity contribution in [1.29, 1.82) is 0 Å². The summed E-state index contributed by atoms with van der Waals surface area (Å²) in [5.41, 5.74) is 0. The standard InChI is InChI=1S/C7H12N2O3S/c1-9(2)5-6-3-4-7(12-6)13(8,10)11/h3-4H,5H2,1-2H3,(H2,8,10,11). The molecule has 0 aromatic carbocycles. The molecule has 1 aromatic rings. The molecule has 0 unspecified atom stereocenters. The van der Waals surface area contributed by atoms with Crippen molar-refractivity contribution in [1.82, 2.24) is 4.90 Å². The van der Waals surface area contributed by atoms with Crippen molar-refractivity contribution in [3.05, 3.63) is 17.9 Å². The van der Waals surface area contributed by atoms with E-state index in [2.05, 4.69) is 0 Å². The predicted molar refractivity (Wildman–Crippen MR) is 47.5 cm³/mol. The summed E-state index contributed by atoms with van der Waals surface area (Å²) in [5.74, 6) is 0.578. The molecule has 0 radical (unpaired) electrons. The summed E-state index contributed by atoms with van der Waals surface area (Å²) >= 11 is 0. The molecule has 74 valence electrons. The topological polar surface area (TPSA) is 76.5 Å². The van der Waals surface area contributed by atoms with Gasteiger partial charge in [0.1, 0.15) is 5.76 Å². The zero-order valence-electron chi connectivity index (χ0n) is 7.52. The first-order chi connectivity index (χ1) is 5.89. The summed E-state index contributed by atoms with van der Waals surface area (Å²) < 4.78 is 26.6. The first kappa shape index (κ1) is 10.2. The fourth-order valence-corrected chi connectivity index (χ4v) is 1.39. The molecule has 0 saturated carbocycles. The van der Waals surface area contributed by atoms with Crippen molar-refractivity contribution in [3.63, 3.8) is 0 Å². The zero-order valence-corrected chi connectivity index (χ0v) is 8.34. The fourth-order valence-electron chi connectivity index (χ4n) is 0.908. The summed E-state index contributed by atoms with van der Waals surface area (Å²) in [7, 11) is 0.0175. The number of rotatable bonds is 3. The van der Waals surface area contributed by atoms with Gasteiger partial charge < -0.3 is 9.32 Å². The lowest BCUT2D eigenvalue weighted by atomic mass is 10.4. The third-order valence-electron chi connectivity index (χ3n) is 1.39. The Bertz CT molecular complexity index is 380. The van der Waals surface area contributed by atoms with Crippen molar-refractivity contribution in [2.45, 2.75) is 11.6 Å². The fraction of sp³-hybridized carbons (Fsp3) is 0.429. The van der Waals surface area contributed by atoms with E-state index in [-0.39, 0.29) is 5.09 Å². The van der Waals surface area contributed by atoms with E-state index in [0.29, 0.717) is 12.3 Å². The molecule has 5 nitrogen and oxygen atoms in total. The highest BCUT2D eigenvalue weighted by atomic mass is 32.2. The summed E-state index contributed by atoms with van der Waals surface area (Å²) in [4.78, 5) is 1.87. The Morgan fingerprint density at radius 1 is 1.46 bits per heavy atom. The van der Waals surface area contributed by atoms with E-state index in [4.69, 9.17) is 9.56 Å². The molecule has 0 saturated heterocycles. The second-order valence-corrected chi connectivity index (χ2v) is 4.50. The first-order valence-electron chi connectivity index (χ1n) is 3.66. The van der Waals surface area contributed by atoms with E-state index in [1.165, 1.54) is 6.07 Å². The van der Waals surface area contributed by atoms with Gasteiger partial charge in [-0.2, -0.15) is 0 Å². The molecular formula is C7H12N2O3S. The maximum atomic E-state index is 10.8. The predicted octanol–water partition coefficient (Wildman–Crippen LogP) is -0.0114. The van der Waals surface area contributed by atoms with E-state index in [9.17, 15) is 8.42 Å². The maximum absolute atomic E-state index is 10.8. The molecule has 0 fully saturated rings. The Morgan fingerprint density at radius 2 is 2.08 bits per heavy atom. The number of nitrogens with zero attached hydrogens (tertiary/aromatic N) is 1. The van der Waals surface area contributed by atoms with E-state index >= 15 is 0 Å². The van der Waals surface area contributed by atoms with Crippen LogP contribution in [0.4, 0.5) is 0 Å². The minimum atomic E-state index is -3.70. The highest BCUT2D eigenvalue weighted by Gasteiger charge is 2.12. The molecule has 0 bridgehead atoms. The van der Waals surface area contributed by atoms with Gasteiger partial charge in [0.05, 0.1) is 6.54 Å². The summed E-state index contributed by atoms with van der Waals surface area (Å²) in [5, 5.41) is 4.68. The van der Waals surface area contributed by atoms with Gasteiger partial charge in [0.25, 0.3) is 10.0 Å². The molecule has 13 heavy (non-hydrogen) atoms. The van der Waals surface area contributed by atoms with Gasteiger partial charge in [0, 0.05) is 0 Å². The van der Waals surface area contributed by atoms with Crippen LogP contribution >= 0.6 is 0 Å². The molecule has 0 aliphatic rings. The molecule has 0 aliphatic carbocycles. The molecule has 2 N–H and O–H groups in total. The van der Waals surface area contributed by atoms with Gasteiger partial charge in [-0.25, -0.2) is 13.6 Å². The Morgan fingerprint density at radius 3 is 2.46 bits per heavy atom. The van der Waals surface area contributed by atoms with Crippen molar-refractivity contribution in [2.24, 2.45) is 5.14 Å². The van der Waals surface area contributed by atoms with Crippen LogP contribution in [0, 0.1) is 0 Å². The molecule has 1 heterocycles. The third-order valence-corrected chi connectivity index (χ3v) is 2.17. The van der Waals surface area contributed by atoms with E-state index < -0.39 is 10.0 Å².